The van der Waals surface area contributed by atoms with Gasteiger partial charge in [0.2, 0.25) is 0 Å². The summed E-state index contributed by atoms with van der Waals surface area (Å²) in [5, 5.41) is 0. The molecule has 0 aliphatic rings. The molecule has 0 heterocycles. The van der Waals surface area contributed by atoms with E-state index in [4.69, 9.17) is 0 Å². The SMILES string of the molecule is [Br-].c1ccc([S+](c2ccccc2)c2ccccc2)cc1. The van der Waals surface area contributed by atoms with E-state index < -0.39 is 0 Å². The van der Waals surface area contributed by atoms with Crippen LogP contribution in [0.25, 0.3) is 0 Å². The van der Waals surface area contributed by atoms with Crippen molar-refractivity contribution in [2.45, 2.75) is 14.7 Å². The molecule has 0 unspecified atom stereocenters. The molecule has 0 N–H and O–H groups in total. The van der Waals surface area contributed by atoms with E-state index in [1.807, 2.05) is 0 Å². The highest BCUT2D eigenvalue weighted by atomic mass is 79.9. The smallest absolute Gasteiger partial charge is 0.166 e. The standard InChI is InChI=1S/C18H15S.BrH/c1-4-10-16(11-5-1)19(17-12-6-2-7-13-17)18-14-8-3-9-15-18;/h1-15H;1H/q+1;/p-1. The van der Waals surface area contributed by atoms with Crippen molar-refractivity contribution in [2.75, 3.05) is 0 Å². The summed E-state index contributed by atoms with van der Waals surface area (Å²) >= 11 is 0. The average Bonchev–Trinajstić information content (AvgIpc) is 2.51. The van der Waals surface area contributed by atoms with Crippen LogP contribution in [0.4, 0.5) is 0 Å². The predicted octanol–water partition coefficient (Wildman–Crippen LogP) is 1.79. The Kier molecular flexibility index (Phi) is 5.45. The lowest BCUT2D eigenvalue weighted by atomic mass is 10.4. The molecule has 0 aliphatic carbocycles. The first-order chi connectivity index (χ1) is 9.45. The molecule has 20 heavy (non-hydrogen) atoms. The monoisotopic (exact) mass is 342 g/mol. The fourth-order valence-electron chi connectivity index (χ4n) is 2.08. The van der Waals surface area contributed by atoms with Crippen molar-refractivity contribution in [3.05, 3.63) is 91.0 Å². The molecule has 100 valence electrons. The third-order valence-corrected chi connectivity index (χ3v) is 5.17. The lowest BCUT2D eigenvalue weighted by Gasteiger charge is -2.07. The van der Waals surface area contributed by atoms with Gasteiger partial charge < -0.3 is 17.0 Å². The van der Waals surface area contributed by atoms with Crippen LogP contribution in [0.15, 0.2) is 106 Å². The lowest BCUT2D eigenvalue weighted by molar-refractivity contribution is -0.00000371. The van der Waals surface area contributed by atoms with Crippen LogP contribution in [0.3, 0.4) is 0 Å². The predicted molar refractivity (Wildman–Crippen MR) is 81.5 cm³/mol. The normalized spacial score (nSPS) is 10.1. The van der Waals surface area contributed by atoms with Gasteiger partial charge in [-0.05, 0) is 36.4 Å². The van der Waals surface area contributed by atoms with Gasteiger partial charge in [0, 0.05) is 0 Å². The van der Waals surface area contributed by atoms with Crippen molar-refractivity contribution < 1.29 is 17.0 Å². The van der Waals surface area contributed by atoms with Gasteiger partial charge in [0.15, 0.2) is 14.7 Å². The summed E-state index contributed by atoms with van der Waals surface area (Å²) in [5.74, 6) is 0. The summed E-state index contributed by atoms with van der Waals surface area (Å²) in [7, 11) is -0.0146. The highest BCUT2D eigenvalue weighted by molar-refractivity contribution is 7.97. The molecule has 0 radical (unpaired) electrons. The van der Waals surface area contributed by atoms with E-state index in [1.54, 1.807) is 0 Å². The molecule has 3 rings (SSSR count). The van der Waals surface area contributed by atoms with Crippen LogP contribution in [-0.4, -0.2) is 0 Å². The Balaban J connectivity index is 0.00000147. The van der Waals surface area contributed by atoms with Gasteiger partial charge in [0.25, 0.3) is 0 Å². The quantitative estimate of drug-likeness (QED) is 0.636. The van der Waals surface area contributed by atoms with E-state index >= 15 is 0 Å². The van der Waals surface area contributed by atoms with Crippen LogP contribution in [0.5, 0.6) is 0 Å². The van der Waals surface area contributed by atoms with E-state index in [2.05, 4.69) is 91.0 Å². The molecule has 0 nitrogen and oxygen atoms in total. The van der Waals surface area contributed by atoms with Gasteiger partial charge in [0.05, 0.1) is 10.9 Å². The second kappa shape index (κ2) is 7.32. The van der Waals surface area contributed by atoms with Crippen LogP contribution in [0, 0.1) is 0 Å². The molecule has 0 amide bonds. The van der Waals surface area contributed by atoms with Crippen molar-refractivity contribution >= 4 is 10.9 Å². The fourth-order valence-corrected chi connectivity index (χ4v) is 4.18. The zero-order valence-electron chi connectivity index (χ0n) is 10.9. The maximum atomic E-state index is 2.21. The average molecular weight is 343 g/mol. The number of rotatable bonds is 3. The van der Waals surface area contributed by atoms with E-state index in [0.717, 1.165) is 0 Å². The molecule has 0 aromatic heterocycles. The zero-order chi connectivity index (χ0) is 12.9. The molecule has 0 fully saturated rings. The highest BCUT2D eigenvalue weighted by Crippen LogP contribution is 2.30. The zero-order valence-corrected chi connectivity index (χ0v) is 13.3. The van der Waals surface area contributed by atoms with Gasteiger partial charge in [-0.25, -0.2) is 0 Å². The molecule has 0 saturated carbocycles. The number of hydrogen-bond acceptors (Lipinski definition) is 0. The molecule has 2 heteroatoms. The Morgan fingerprint density at radius 1 is 0.400 bits per heavy atom. The summed E-state index contributed by atoms with van der Waals surface area (Å²) in [6, 6.07) is 32.2. The largest absolute Gasteiger partial charge is 1.00 e. The van der Waals surface area contributed by atoms with E-state index in [1.165, 1.54) is 14.7 Å². The third kappa shape index (κ3) is 3.33. The lowest BCUT2D eigenvalue weighted by Crippen LogP contribution is -3.00. The molecule has 0 spiro atoms. The number of benzene rings is 3. The highest BCUT2D eigenvalue weighted by Gasteiger charge is 2.27. The summed E-state index contributed by atoms with van der Waals surface area (Å²) in [6.07, 6.45) is 0. The van der Waals surface area contributed by atoms with Crippen molar-refractivity contribution in [1.29, 1.82) is 0 Å². The van der Waals surface area contributed by atoms with Gasteiger partial charge >= 0.3 is 0 Å². The third-order valence-electron chi connectivity index (χ3n) is 2.94. The van der Waals surface area contributed by atoms with Crippen molar-refractivity contribution in [3.63, 3.8) is 0 Å². The Morgan fingerprint density at radius 2 is 0.650 bits per heavy atom. The summed E-state index contributed by atoms with van der Waals surface area (Å²) in [6.45, 7) is 0. The minimum Gasteiger partial charge on any atom is -1.00 e. The molecular formula is C18H15BrS. The van der Waals surface area contributed by atoms with Crippen LogP contribution in [-0.2, 0) is 10.9 Å². The maximum Gasteiger partial charge on any atom is 0.166 e. The second-order valence-electron chi connectivity index (χ2n) is 4.25. The number of halogens is 1. The molecule has 3 aromatic rings. The van der Waals surface area contributed by atoms with Crippen molar-refractivity contribution in [2.24, 2.45) is 0 Å². The topological polar surface area (TPSA) is 0 Å². The second-order valence-corrected chi connectivity index (χ2v) is 6.27. The maximum absolute atomic E-state index is 2.21. The first kappa shape index (κ1) is 14.9. The molecule has 0 bridgehead atoms. The van der Waals surface area contributed by atoms with Crippen LogP contribution in [0.1, 0.15) is 0 Å². The van der Waals surface area contributed by atoms with Crippen LogP contribution >= 0.6 is 0 Å². The molecular weight excluding hydrogens is 328 g/mol. The molecule has 3 aromatic carbocycles. The van der Waals surface area contributed by atoms with Gasteiger partial charge in [-0.2, -0.15) is 0 Å². The summed E-state index contributed by atoms with van der Waals surface area (Å²) < 4.78 is 0. The van der Waals surface area contributed by atoms with E-state index in [-0.39, 0.29) is 27.9 Å². The Labute approximate surface area is 133 Å². The van der Waals surface area contributed by atoms with Crippen LogP contribution in [0.2, 0.25) is 0 Å². The minimum absolute atomic E-state index is 0. The molecule has 0 saturated heterocycles. The first-order valence-electron chi connectivity index (χ1n) is 6.34. The summed E-state index contributed by atoms with van der Waals surface area (Å²) in [5.41, 5.74) is 0. The van der Waals surface area contributed by atoms with Crippen LogP contribution < -0.4 is 17.0 Å². The van der Waals surface area contributed by atoms with Gasteiger partial charge in [0.1, 0.15) is 0 Å². The Hall–Kier alpha value is -1.51. The number of hydrogen-bond donors (Lipinski definition) is 0. The Morgan fingerprint density at radius 3 is 0.900 bits per heavy atom. The fraction of sp³-hybridized carbons (Fsp3) is 0. The molecule has 0 aliphatic heterocycles. The van der Waals surface area contributed by atoms with Crippen molar-refractivity contribution in [3.8, 4) is 0 Å². The van der Waals surface area contributed by atoms with Gasteiger partial charge in [-0.3, -0.25) is 0 Å². The van der Waals surface area contributed by atoms with E-state index in [0.29, 0.717) is 0 Å². The molecule has 0 atom stereocenters. The van der Waals surface area contributed by atoms with Gasteiger partial charge in [-0.15, -0.1) is 0 Å². The first-order valence-corrected chi connectivity index (χ1v) is 7.57. The summed E-state index contributed by atoms with van der Waals surface area (Å²) in [4.78, 5) is 4.08. The van der Waals surface area contributed by atoms with Gasteiger partial charge in [-0.1, -0.05) is 54.6 Å². The van der Waals surface area contributed by atoms with Crippen molar-refractivity contribution in [1.82, 2.24) is 0 Å². The Bertz CT molecular complexity index is 529. The minimum atomic E-state index is -0.0146. The van der Waals surface area contributed by atoms with E-state index in [9.17, 15) is 0 Å².